The fourth-order valence-corrected chi connectivity index (χ4v) is 7.15. The number of rotatable bonds is 10. The summed E-state index contributed by atoms with van der Waals surface area (Å²) in [4.78, 5) is 17.4. The van der Waals surface area contributed by atoms with Gasteiger partial charge in [-0.15, -0.1) is 0 Å². The molecule has 0 radical (unpaired) electrons. The van der Waals surface area contributed by atoms with Crippen molar-refractivity contribution in [3.05, 3.63) is 50.5 Å². The normalized spacial score (nSPS) is 19.6. The molecule has 45 heavy (non-hydrogen) atoms. The lowest BCUT2D eigenvalue weighted by atomic mass is 9.98. The summed E-state index contributed by atoms with van der Waals surface area (Å²) in [5.41, 5.74) is 5.76. The van der Waals surface area contributed by atoms with Gasteiger partial charge in [-0.05, 0) is 80.9 Å². The Bertz CT molecular complexity index is 1350. The number of allylic oxidation sites excluding steroid dienone is 1. The molecule has 0 atom stereocenters. The number of nitrogens with one attached hydrogen (secondary N) is 1. The predicted molar refractivity (Wildman–Crippen MR) is 187 cm³/mol. The first-order valence-electron chi connectivity index (χ1n) is 16.2. The number of likely N-dealkylation sites (N-methyl/N-ethyl adjacent to an activating group) is 1. The molecule has 3 fully saturated rings. The summed E-state index contributed by atoms with van der Waals surface area (Å²) in [6.45, 7) is 10.7. The molecule has 11 heteroatoms. The third-order valence-electron chi connectivity index (χ3n) is 9.03. The molecule has 0 amide bonds. The predicted octanol–water partition coefficient (Wildman–Crippen LogP) is 6.69. The number of piperazine rings is 1. The molecule has 0 saturated carbocycles. The van der Waals surface area contributed by atoms with Crippen molar-refractivity contribution in [3.63, 3.8) is 0 Å². The summed E-state index contributed by atoms with van der Waals surface area (Å²) in [6, 6.07) is 6.46. The number of aromatic nitrogens is 2. The number of aryl methyl sites for hydroxylation is 1. The van der Waals surface area contributed by atoms with Gasteiger partial charge in [0.2, 0.25) is 0 Å². The van der Waals surface area contributed by atoms with Gasteiger partial charge in [0.15, 0.2) is 0 Å². The lowest BCUT2D eigenvalue weighted by Gasteiger charge is -2.42. The van der Waals surface area contributed by atoms with E-state index >= 15 is 0 Å². The van der Waals surface area contributed by atoms with Crippen LogP contribution in [-0.2, 0) is 11.2 Å². The van der Waals surface area contributed by atoms with Gasteiger partial charge in [0.1, 0.15) is 11.6 Å². The molecule has 3 aliphatic rings. The first kappa shape index (κ1) is 34.0. The minimum atomic E-state index is -2.92. The largest absolute Gasteiger partial charge is 0.433 e. The zero-order chi connectivity index (χ0) is 31.9. The van der Waals surface area contributed by atoms with Gasteiger partial charge < -0.3 is 24.6 Å². The Morgan fingerprint density at radius 3 is 2.40 bits per heavy atom. The van der Waals surface area contributed by atoms with Crippen LogP contribution in [-0.4, -0.2) is 98.0 Å². The van der Waals surface area contributed by atoms with Crippen LogP contribution in [0.5, 0.6) is 5.75 Å². The van der Waals surface area contributed by atoms with E-state index in [0.717, 1.165) is 119 Å². The van der Waals surface area contributed by atoms with E-state index in [4.69, 9.17) is 19.4 Å². The van der Waals surface area contributed by atoms with Crippen LogP contribution >= 0.6 is 22.6 Å². The highest BCUT2D eigenvalue weighted by Crippen LogP contribution is 2.38. The van der Waals surface area contributed by atoms with Gasteiger partial charge in [-0.2, -0.15) is 8.78 Å². The minimum absolute atomic E-state index is 0.193. The number of piperidine rings is 1. The van der Waals surface area contributed by atoms with Crippen LogP contribution in [0.2, 0.25) is 0 Å². The van der Waals surface area contributed by atoms with Crippen molar-refractivity contribution in [2.75, 3.05) is 69.7 Å². The molecular formula is C34H47F2IN6O2. The fraction of sp³-hybridized carbons (Fsp3) is 0.588. The smallest absolute Gasteiger partial charge is 0.387 e. The molecule has 5 rings (SSSR count). The van der Waals surface area contributed by atoms with E-state index in [1.807, 2.05) is 36.1 Å². The average Bonchev–Trinajstić information content (AvgIpc) is 3.03. The number of anilines is 2. The van der Waals surface area contributed by atoms with Crippen molar-refractivity contribution in [3.8, 4) is 5.75 Å². The number of alkyl halides is 2. The summed E-state index contributed by atoms with van der Waals surface area (Å²) in [6.07, 6.45) is 6.60. The Morgan fingerprint density at radius 1 is 1.07 bits per heavy atom. The molecule has 0 spiro atoms. The standard InChI is InChI=1S/C34H47F2IN6O2/c1-5-28-33(38-25-10-18-44-19-11-25)40-32(29(39-28)20-23(2)3)27(22-37)24-6-7-30(31(21-24)45-34(35)36)43-12-8-26(9-13-43)42-16-14-41(4)15-17-42/h6-7,20-22,25-26,34H,5,8-19H2,1-4H3,(H,38,40)/b27-22-. The second-order valence-electron chi connectivity index (χ2n) is 12.5. The van der Waals surface area contributed by atoms with Gasteiger partial charge in [-0.25, -0.2) is 9.97 Å². The molecule has 4 heterocycles. The number of hydrogen-bond acceptors (Lipinski definition) is 8. The fourth-order valence-electron chi connectivity index (χ4n) is 6.50. The molecule has 3 aliphatic heterocycles. The summed E-state index contributed by atoms with van der Waals surface area (Å²) < 4.78 is 40.3. The maximum Gasteiger partial charge on any atom is 0.387 e. The van der Waals surface area contributed by atoms with Crippen LogP contribution < -0.4 is 15.0 Å². The van der Waals surface area contributed by atoms with Gasteiger partial charge in [0, 0.05) is 70.1 Å². The zero-order valence-electron chi connectivity index (χ0n) is 27.0. The molecule has 3 saturated heterocycles. The van der Waals surface area contributed by atoms with Gasteiger partial charge in [-0.3, -0.25) is 4.90 Å². The first-order chi connectivity index (χ1) is 21.7. The van der Waals surface area contributed by atoms with Crippen LogP contribution in [0, 0.1) is 0 Å². The highest BCUT2D eigenvalue weighted by molar-refractivity contribution is 14.1. The summed E-state index contributed by atoms with van der Waals surface area (Å²) in [5.74, 6) is 0.962. The number of ether oxygens (including phenoxy) is 2. The topological polar surface area (TPSA) is 66.0 Å². The van der Waals surface area contributed by atoms with E-state index < -0.39 is 6.61 Å². The molecule has 1 N–H and O–H groups in total. The highest BCUT2D eigenvalue weighted by Gasteiger charge is 2.29. The van der Waals surface area contributed by atoms with Crippen LogP contribution in [0.15, 0.2) is 27.9 Å². The SMILES string of the molecule is CCc1nc(C=C(C)C)c(/C(=C\I)c2ccc(N3CCC(N4CCN(C)CC4)CC3)c(OC(F)F)c2)nc1NC1CCOCC1. The monoisotopic (exact) mass is 736 g/mol. The Balaban J connectivity index is 1.44. The van der Waals surface area contributed by atoms with Crippen molar-refractivity contribution in [2.24, 2.45) is 0 Å². The quantitative estimate of drug-likeness (QED) is 0.271. The van der Waals surface area contributed by atoms with Crippen molar-refractivity contribution in [1.29, 1.82) is 0 Å². The second kappa shape index (κ2) is 16.0. The van der Waals surface area contributed by atoms with E-state index in [1.54, 1.807) is 6.07 Å². The molecule has 0 unspecified atom stereocenters. The molecule has 0 aliphatic carbocycles. The van der Waals surface area contributed by atoms with Crippen molar-refractivity contribution < 1.29 is 18.3 Å². The maximum atomic E-state index is 13.8. The lowest BCUT2D eigenvalue weighted by Crippen LogP contribution is -2.52. The van der Waals surface area contributed by atoms with E-state index in [1.165, 1.54) is 0 Å². The summed E-state index contributed by atoms with van der Waals surface area (Å²) in [5, 5.41) is 3.63. The zero-order valence-corrected chi connectivity index (χ0v) is 29.2. The van der Waals surface area contributed by atoms with Crippen LogP contribution in [0.3, 0.4) is 0 Å². The molecule has 1 aromatic heterocycles. The van der Waals surface area contributed by atoms with Crippen molar-refractivity contribution in [2.45, 2.75) is 71.6 Å². The van der Waals surface area contributed by atoms with Crippen LogP contribution in [0.1, 0.15) is 69.1 Å². The van der Waals surface area contributed by atoms with E-state index in [-0.39, 0.29) is 11.8 Å². The molecular weight excluding hydrogens is 689 g/mol. The molecule has 1 aromatic carbocycles. The molecule has 0 bridgehead atoms. The Labute approximate surface area is 280 Å². The van der Waals surface area contributed by atoms with Crippen molar-refractivity contribution in [1.82, 2.24) is 19.8 Å². The number of benzene rings is 1. The Hall–Kier alpha value is -2.35. The Morgan fingerprint density at radius 2 is 1.78 bits per heavy atom. The highest BCUT2D eigenvalue weighted by atomic mass is 127. The van der Waals surface area contributed by atoms with E-state index in [9.17, 15) is 8.78 Å². The van der Waals surface area contributed by atoms with E-state index in [0.29, 0.717) is 17.4 Å². The third kappa shape index (κ3) is 8.72. The van der Waals surface area contributed by atoms with Gasteiger partial charge >= 0.3 is 6.61 Å². The third-order valence-corrected chi connectivity index (χ3v) is 9.65. The number of nitrogens with zero attached hydrogens (tertiary/aromatic N) is 5. The first-order valence-corrected chi connectivity index (χ1v) is 17.5. The minimum Gasteiger partial charge on any atom is -0.433 e. The molecule has 2 aromatic rings. The summed E-state index contributed by atoms with van der Waals surface area (Å²) >= 11 is 2.21. The number of hydrogen-bond donors (Lipinski definition) is 1. The Kier molecular flexibility index (Phi) is 12.1. The maximum absolute atomic E-state index is 13.8. The number of halogens is 3. The van der Waals surface area contributed by atoms with Crippen molar-refractivity contribution >= 4 is 45.7 Å². The lowest BCUT2D eigenvalue weighted by molar-refractivity contribution is -0.0495. The van der Waals surface area contributed by atoms with Crippen LogP contribution in [0.25, 0.3) is 11.6 Å². The van der Waals surface area contributed by atoms with E-state index in [2.05, 4.69) is 56.6 Å². The molecule has 246 valence electrons. The average molecular weight is 737 g/mol. The van der Waals surface area contributed by atoms with Gasteiger partial charge in [-0.1, -0.05) is 41.2 Å². The van der Waals surface area contributed by atoms with Crippen LogP contribution in [0.4, 0.5) is 20.3 Å². The summed E-state index contributed by atoms with van der Waals surface area (Å²) in [7, 11) is 2.17. The van der Waals surface area contributed by atoms with Gasteiger partial charge in [0.25, 0.3) is 0 Å². The second-order valence-corrected chi connectivity index (χ2v) is 13.1. The molecule has 8 nitrogen and oxygen atoms in total. The van der Waals surface area contributed by atoms with Gasteiger partial charge in [0.05, 0.1) is 22.8 Å².